The molecular weight excluding hydrogens is 395 g/mol. The zero-order valence-corrected chi connectivity index (χ0v) is 18.9. The summed E-state index contributed by atoms with van der Waals surface area (Å²) in [5.74, 6) is 1.31. The first-order valence-electron chi connectivity index (χ1n) is 11.7. The molecule has 0 atom stereocenters. The normalized spacial score (nSPS) is 23.4. The first kappa shape index (κ1) is 23.5. The Kier molecular flexibility index (Phi) is 9.13. The number of benzene rings is 1. The van der Waals surface area contributed by atoms with E-state index in [2.05, 4.69) is 20.5 Å². The van der Waals surface area contributed by atoms with Gasteiger partial charge in [-0.3, -0.25) is 14.7 Å². The summed E-state index contributed by atoms with van der Waals surface area (Å²) in [4.78, 5) is 18.6. The topological polar surface area (TPSA) is 66.0 Å². The molecule has 172 valence electrons. The molecule has 1 saturated heterocycles. The molecule has 0 bridgehead atoms. The van der Waals surface area contributed by atoms with Gasteiger partial charge < -0.3 is 15.4 Å². The van der Waals surface area contributed by atoms with Crippen LogP contribution in [0, 0.1) is 17.7 Å². The van der Waals surface area contributed by atoms with E-state index >= 15 is 0 Å². The van der Waals surface area contributed by atoms with Crippen molar-refractivity contribution in [2.75, 3.05) is 33.3 Å². The van der Waals surface area contributed by atoms with Gasteiger partial charge in [0, 0.05) is 31.7 Å². The van der Waals surface area contributed by atoms with Crippen LogP contribution in [0.15, 0.2) is 29.3 Å². The van der Waals surface area contributed by atoms with Crippen LogP contribution < -0.4 is 10.6 Å². The minimum atomic E-state index is -0.113. The number of piperidine rings is 1. The van der Waals surface area contributed by atoms with Gasteiger partial charge in [-0.25, -0.2) is 4.39 Å². The van der Waals surface area contributed by atoms with Crippen molar-refractivity contribution in [3.8, 4) is 0 Å². The summed E-state index contributed by atoms with van der Waals surface area (Å²) in [5.41, 5.74) is 0.779. The molecule has 0 radical (unpaired) electrons. The smallest absolute Gasteiger partial charge is 0.308 e. The number of nitrogens with one attached hydrogen (secondary N) is 2. The average Bonchev–Trinajstić information content (AvgIpc) is 2.79. The van der Waals surface area contributed by atoms with E-state index in [1.54, 1.807) is 13.1 Å². The lowest BCUT2D eigenvalue weighted by molar-refractivity contribution is -0.149. The summed E-state index contributed by atoms with van der Waals surface area (Å²) >= 11 is 0. The van der Waals surface area contributed by atoms with Crippen LogP contribution in [0.4, 0.5) is 4.39 Å². The van der Waals surface area contributed by atoms with Gasteiger partial charge in [-0.05, 0) is 70.5 Å². The van der Waals surface area contributed by atoms with Crippen molar-refractivity contribution in [2.45, 2.75) is 58.0 Å². The van der Waals surface area contributed by atoms with Gasteiger partial charge in [0.15, 0.2) is 5.96 Å². The molecule has 2 aliphatic rings. The molecule has 1 aromatic rings. The van der Waals surface area contributed by atoms with E-state index in [0.717, 1.165) is 69.7 Å². The third-order valence-corrected chi connectivity index (χ3v) is 6.53. The molecule has 0 amide bonds. The van der Waals surface area contributed by atoms with Gasteiger partial charge in [-0.1, -0.05) is 18.2 Å². The van der Waals surface area contributed by atoms with Crippen LogP contribution in [0.5, 0.6) is 0 Å². The molecule has 6 nitrogen and oxygen atoms in total. The molecule has 7 heteroatoms. The van der Waals surface area contributed by atoms with Crippen molar-refractivity contribution in [3.63, 3.8) is 0 Å². The summed E-state index contributed by atoms with van der Waals surface area (Å²) < 4.78 is 19.0. The number of ether oxygens (including phenoxy) is 1. The fourth-order valence-electron chi connectivity index (χ4n) is 4.58. The van der Waals surface area contributed by atoms with E-state index in [4.69, 9.17) is 4.74 Å². The molecule has 1 aliphatic carbocycles. The molecule has 1 heterocycles. The Morgan fingerprint density at radius 2 is 1.87 bits per heavy atom. The molecule has 31 heavy (non-hydrogen) atoms. The lowest BCUT2D eigenvalue weighted by atomic mass is 9.86. The van der Waals surface area contributed by atoms with E-state index < -0.39 is 0 Å². The van der Waals surface area contributed by atoms with Gasteiger partial charge in [0.05, 0.1) is 12.5 Å². The lowest BCUT2D eigenvalue weighted by Crippen LogP contribution is -2.47. The second-order valence-electron chi connectivity index (χ2n) is 8.71. The van der Waals surface area contributed by atoms with E-state index in [1.807, 2.05) is 19.1 Å². The highest BCUT2D eigenvalue weighted by molar-refractivity contribution is 5.80. The monoisotopic (exact) mass is 432 g/mol. The first-order valence-corrected chi connectivity index (χ1v) is 11.7. The highest BCUT2D eigenvalue weighted by Crippen LogP contribution is 2.25. The van der Waals surface area contributed by atoms with Crippen LogP contribution in [-0.4, -0.2) is 56.2 Å². The van der Waals surface area contributed by atoms with Gasteiger partial charge in [0.2, 0.25) is 0 Å². The van der Waals surface area contributed by atoms with Gasteiger partial charge in [-0.15, -0.1) is 0 Å². The number of nitrogens with zero attached hydrogens (tertiary/aromatic N) is 2. The highest BCUT2D eigenvalue weighted by Gasteiger charge is 2.28. The van der Waals surface area contributed by atoms with E-state index in [-0.39, 0.29) is 17.7 Å². The van der Waals surface area contributed by atoms with Crippen molar-refractivity contribution in [2.24, 2.45) is 16.8 Å². The number of rotatable bonds is 7. The van der Waals surface area contributed by atoms with Crippen molar-refractivity contribution in [1.82, 2.24) is 15.5 Å². The van der Waals surface area contributed by atoms with Crippen LogP contribution in [0.3, 0.4) is 0 Å². The molecule has 1 aromatic carbocycles. The maximum Gasteiger partial charge on any atom is 0.308 e. The van der Waals surface area contributed by atoms with Crippen LogP contribution in [0.25, 0.3) is 0 Å². The molecule has 1 saturated carbocycles. The third kappa shape index (κ3) is 7.20. The predicted molar refractivity (Wildman–Crippen MR) is 121 cm³/mol. The average molecular weight is 433 g/mol. The third-order valence-electron chi connectivity index (χ3n) is 6.53. The fourth-order valence-corrected chi connectivity index (χ4v) is 4.58. The first-order chi connectivity index (χ1) is 15.1. The number of halogens is 1. The molecule has 0 unspecified atom stereocenters. The second kappa shape index (κ2) is 12.0. The van der Waals surface area contributed by atoms with Gasteiger partial charge in [-0.2, -0.15) is 0 Å². The number of hydrogen-bond donors (Lipinski definition) is 2. The van der Waals surface area contributed by atoms with Gasteiger partial charge in [0.1, 0.15) is 5.82 Å². The molecule has 0 aromatic heterocycles. The SMILES string of the molecule is CCOC(=O)C1CCC(NC(=NC)NCC2CCN(Cc3ccccc3F)CC2)CC1. The Labute approximate surface area is 185 Å². The number of aliphatic imine (C=N–C) groups is 1. The number of carbonyl (C=O) groups excluding carboxylic acids is 1. The largest absolute Gasteiger partial charge is 0.466 e. The molecule has 3 rings (SSSR count). The van der Waals surface area contributed by atoms with Crippen molar-refractivity contribution in [1.29, 1.82) is 0 Å². The quantitative estimate of drug-likeness (QED) is 0.393. The van der Waals surface area contributed by atoms with Gasteiger partial charge in [0.25, 0.3) is 0 Å². The summed E-state index contributed by atoms with van der Waals surface area (Å²) in [6.45, 7) is 5.87. The Morgan fingerprint density at radius 3 is 2.52 bits per heavy atom. The molecule has 1 aliphatic heterocycles. The highest BCUT2D eigenvalue weighted by atomic mass is 19.1. The lowest BCUT2D eigenvalue weighted by Gasteiger charge is -2.33. The summed E-state index contributed by atoms with van der Waals surface area (Å²) in [6, 6.07) is 7.40. The maximum atomic E-state index is 13.9. The summed E-state index contributed by atoms with van der Waals surface area (Å²) in [6.07, 6.45) is 5.85. The van der Waals surface area contributed by atoms with Crippen LogP contribution in [0.2, 0.25) is 0 Å². The van der Waals surface area contributed by atoms with E-state index in [0.29, 0.717) is 25.1 Å². The Bertz CT molecular complexity index is 726. The van der Waals surface area contributed by atoms with Gasteiger partial charge >= 0.3 is 5.97 Å². The number of likely N-dealkylation sites (tertiary alicyclic amines) is 1. The Morgan fingerprint density at radius 1 is 1.16 bits per heavy atom. The molecule has 2 N–H and O–H groups in total. The van der Waals surface area contributed by atoms with Crippen LogP contribution in [0.1, 0.15) is 51.0 Å². The number of hydrogen-bond acceptors (Lipinski definition) is 4. The second-order valence-corrected chi connectivity index (χ2v) is 8.71. The number of carbonyl (C=O) groups is 1. The Balaban J connectivity index is 1.34. The van der Waals surface area contributed by atoms with Crippen molar-refractivity contribution in [3.05, 3.63) is 35.6 Å². The standard InChI is InChI=1S/C24H37FN4O2/c1-3-31-23(30)19-8-10-21(11-9-19)28-24(26-2)27-16-18-12-14-29(15-13-18)17-20-6-4-5-7-22(20)25/h4-7,18-19,21H,3,8-17H2,1-2H3,(H2,26,27,28). The Hall–Kier alpha value is -2.15. The zero-order chi connectivity index (χ0) is 22.1. The van der Waals surface area contributed by atoms with Crippen molar-refractivity contribution < 1.29 is 13.9 Å². The van der Waals surface area contributed by atoms with E-state index in [1.165, 1.54) is 6.07 Å². The minimum absolute atomic E-state index is 0.0440. The van der Waals surface area contributed by atoms with Crippen LogP contribution in [-0.2, 0) is 16.1 Å². The van der Waals surface area contributed by atoms with E-state index in [9.17, 15) is 9.18 Å². The molecular formula is C24H37FN4O2. The maximum absolute atomic E-state index is 13.9. The number of esters is 1. The number of guanidine groups is 1. The minimum Gasteiger partial charge on any atom is -0.466 e. The predicted octanol–water partition coefficient (Wildman–Crippen LogP) is 3.32. The molecule has 0 spiro atoms. The summed E-state index contributed by atoms with van der Waals surface area (Å²) in [5, 5.41) is 7.00. The fraction of sp³-hybridized carbons (Fsp3) is 0.667. The van der Waals surface area contributed by atoms with Crippen LogP contribution >= 0.6 is 0 Å². The zero-order valence-electron chi connectivity index (χ0n) is 18.9. The van der Waals surface area contributed by atoms with Crippen molar-refractivity contribution >= 4 is 11.9 Å². The molecule has 2 fully saturated rings. The summed E-state index contributed by atoms with van der Waals surface area (Å²) in [7, 11) is 1.80.